The summed E-state index contributed by atoms with van der Waals surface area (Å²) in [6, 6.07) is 13.9. The Hall–Kier alpha value is -2.61. The number of aliphatic hydroxyl groups is 1. The minimum atomic E-state index is -0.765. The highest BCUT2D eigenvalue weighted by Gasteiger charge is 2.16. The highest BCUT2D eigenvalue weighted by atomic mass is 32.2. The van der Waals surface area contributed by atoms with Crippen LogP contribution < -0.4 is 15.8 Å². The number of fused-ring (bicyclic) bond motifs is 7. The van der Waals surface area contributed by atoms with Crippen LogP contribution in [0.2, 0.25) is 0 Å². The van der Waals surface area contributed by atoms with Crippen LogP contribution in [0.5, 0.6) is 5.75 Å². The summed E-state index contributed by atoms with van der Waals surface area (Å²) in [5, 5.41) is 14.6. The SMILES string of the molecule is Cc1cc(C)c2cc1-c1cc(nc(N)n1)Sc1cccc(c1)OCCCNC2O. The first kappa shape index (κ1) is 19.7. The number of nitrogens with two attached hydrogens (primary N) is 1. The lowest BCUT2D eigenvalue weighted by molar-refractivity contribution is 0.136. The quantitative estimate of drug-likeness (QED) is 0.486. The summed E-state index contributed by atoms with van der Waals surface area (Å²) in [4.78, 5) is 9.87. The van der Waals surface area contributed by atoms with Crippen LogP contribution in [0.3, 0.4) is 0 Å². The van der Waals surface area contributed by atoms with Gasteiger partial charge in [-0.15, -0.1) is 0 Å². The maximum Gasteiger partial charge on any atom is 0.221 e. The van der Waals surface area contributed by atoms with E-state index < -0.39 is 6.23 Å². The predicted molar refractivity (Wildman–Crippen MR) is 115 cm³/mol. The van der Waals surface area contributed by atoms with Crippen LogP contribution in [0, 0.1) is 13.8 Å². The second-order valence-electron chi connectivity index (χ2n) is 7.11. The number of ether oxygens (including phenoxy) is 1. The van der Waals surface area contributed by atoms with Crippen LogP contribution in [0.4, 0.5) is 5.95 Å². The molecule has 29 heavy (non-hydrogen) atoms. The third-order valence-corrected chi connectivity index (χ3v) is 5.77. The molecule has 4 rings (SSSR count). The van der Waals surface area contributed by atoms with Gasteiger partial charge in [-0.3, -0.25) is 5.32 Å². The Morgan fingerprint density at radius 1 is 1.14 bits per heavy atom. The minimum Gasteiger partial charge on any atom is -0.494 e. The van der Waals surface area contributed by atoms with Crippen LogP contribution in [0.25, 0.3) is 11.3 Å². The zero-order valence-corrected chi connectivity index (χ0v) is 17.3. The molecule has 6 nitrogen and oxygen atoms in total. The fourth-order valence-electron chi connectivity index (χ4n) is 3.43. The lowest BCUT2D eigenvalue weighted by Gasteiger charge is -2.19. The van der Waals surface area contributed by atoms with Crippen molar-refractivity contribution in [1.82, 2.24) is 15.3 Å². The first-order valence-electron chi connectivity index (χ1n) is 9.58. The molecule has 1 aliphatic heterocycles. The fraction of sp³-hybridized carbons (Fsp3) is 0.273. The van der Waals surface area contributed by atoms with E-state index in [-0.39, 0.29) is 5.95 Å². The third-order valence-electron chi connectivity index (χ3n) is 4.86. The van der Waals surface area contributed by atoms with E-state index in [4.69, 9.17) is 10.5 Å². The molecular formula is C22H24N4O2S. The van der Waals surface area contributed by atoms with Crippen molar-refractivity contribution in [3.8, 4) is 17.0 Å². The van der Waals surface area contributed by atoms with Gasteiger partial charge in [0.15, 0.2) is 0 Å². The number of anilines is 1. The number of rotatable bonds is 0. The maximum absolute atomic E-state index is 10.7. The zero-order chi connectivity index (χ0) is 20.4. The largest absolute Gasteiger partial charge is 0.494 e. The van der Waals surface area contributed by atoms with Crippen molar-refractivity contribution in [1.29, 1.82) is 0 Å². The van der Waals surface area contributed by atoms with E-state index in [0.29, 0.717) is 13.2 Å². The van der Waals surface area contributed by atoms with Gasteiger partial charge in [0.05, 0.1) is 12.3 Å². The van der Waals surface area contributed by atoms with Crippen molar-refractivity contribution < 1.29 is 9.84 Å². The van der Waals surface area contributed by atoms with Crippen molar-refractivity contribution in [3.05, 3.63) is 59.2 Å². The molecular weight excluding hydrogens is 384 g/mol. The summed E-state index contributed by atoms with van der Waals surface area (Å²) in [6.45, 7) is 5.25. The van der Waals surface area contributed by atoms with Crippen LogP contribution in [0.15, 0.2) is 52.4 Å². The molecule has 0 radical (unpaired) electrons. The van der Waals surface area contributed by atoms with Crippen LogP contribution >= 0.6 is 11.8 Å². The standard InChI is InChI=1S/C22H24N4O2S/c1-13-9-14(2)18-11-17(13)19-12-20(26-22(23)25-19)29-16-6-3-5-15(10-16)28-8-4-7-24-21(18)27/h3,5-6,9-12,21,24,27H,4,7-8H2,1-2H3,(H2,23,25,26). The smallest absolute Gasteiger partial charge is 0.221 e. The molecule has 0 spiro atoms. The van der Waals surface area contributed by atoms with Gasteiger partial charge in [-0.25, -0.2) is 9.97 Å². The average Bonchev–Trinajstić information content (AvgIpc) is 2.67. The van der Waals surface area contributed by atoms with Crippen LogP contribution in [0.1, 0.15) is 29.3 Å². The molecule has 7 heteroatoms. The van der Waals surface area contributed by atoms with Gasteiger partial charge in [-0.05, 0) is 67.3 Å². The summed E-state index contributed by atoms with van der Waals surface area (Å²) in [5.41, 5.74) is 10.6. The lowest BCUT2D eigenvalue weighted by Crippen LogP contribution is -2.24. The van der Waals surface area contributed by atoms with Gasteiger partial charge in [-0.1, -0.05) is 23.9 Å². The average molecular weight is 409 g/mol. The molecule has 6 bridgehead atoms. The number of nitrogens with zero attached hydrogens (tertiary/aromatic N) is 2. The van der Waals surface area contributed by atoms with E-state index in [1.165, 1.54) is 11.8 Å². The number of aryl methyl sites for hydroxylation is 2. The first-order chi connectivity index (χ1) is 14.0. The molecule has 1 aliphatic rings. The zero-order valence-electron chi connectivity index (χ0n) is 16.5. The van der Waals surface area contributed by atoms with Crippen LogP contribution in [-0.4, -0.2) is 28.2 Å². The molecule has 3 aromatic rings. The van der Waals surface area contributed by atoms with Gasteiger partial charge in [0.25, 0.3) is 0 Å². The summed E-state index contributed by atoms with van der Waals surface area (Å²) < 4.78 is 5.85. The molecule has 0 saturated heterocycles. The number of hydrogen-bond donors (Lipinski definition) is 3. The molecule has 2 heterocycles. The molecule has 0 aliphatic carbocycles. The predicted octanol–water partition coefficient (Wildman–Crippen LogP) is 3.86. The summed E-state index contributed by atoms with van der Waals surface area (Å²) in [6.07, 6.45) is 0.0175. The van der Waals surface area contributed by atoms with Crippen molar-refractivity contribution >= 4 is 17.7 Å². The molecule has 0 amide bonds. The van der Waals surface area contributed by atoms with Crippen molar-refractivity contribution in [3.63, 3.8) is 0 Å². The lowest BCUT2D eigenvalue weighted by atomic mass is 9.97. The highest BCUT2D eigenvalue weighted by molar-refractivity contribution is 7.99. The molecule has 4 N–H and O–H groups in total. The Morgan fingerprint density at radius 2 is 2.00 bits per heavy atom. The number of aromatic nitrogens is 2. The van der Waals surface area contributed by atoms with Gasteiger partial charge in [0.2, 0.25) is 5.95 Å². The Balaban J connectivity index is 1.82. The number of aliphatic hydroxyl groups excluding tert-OH is 1. The van der Waals surface area contributed by atoms with E-state index in [9.17, 15) is 5.11 Å². The number of benzene rings is 2. The Labute approximate surface area is 174 Å². The summed E-state index contributed by atoms with van der Waals surface area (Å²) in [7, 11) is 0. The van der Waals surface area contributed by atoms with Crippen molar-refractivity contribution in [2.45, 2.75) is 36.4 Å². The molecule has 0 fully saturated rings. The Kier molecular flexibility index (Phi) is 5.71. The summed E-state index contributed by atoms with van der Waals surface area (Å²) >= 11 is 1.52. The first-order valence-corrected chi connectivity index (χ1v) is 10.4. The molecule has 2 aromatic carbocycles. The number of nitrogens with one attached hydrogen (secondary N) is 1. The molecule has 1 atom stereocenters. The molecule has 1 aromatic heterocycles. The monoisotopic (exact) mass is 408 g/mol. The second-order valence-corrected chi connectivity index (χ2v) is 8.20. The van der Waals surface area contributed by atoms with Crippen molar-refractivity contribution in [2.75, 3.05) is 18.9 Å². The number of hydrogen-bond acceptors (Lipinski definition) is 7. The van der Waals surface area contributed by atoms with Crippen LogP contribution in [-0.2, 0) is 0 Å². The van der Waals surface area contributed by atoms with E-state index in [1.807, 2.05) is 50.2 Å². The summed E-state index contributed by atoms with van der Waals surface area (Å²) in [5.74, 6) is 1.03. The topological polar surface area (TPSA) is 93.3 Å². The van der Waals surface area contributed by atoms with E-state index >= 15 is 0 Å². The van der Waals surface area contributed by atoms with Gasteiger partial charge >= 0.3 is 0 Å². The van der Waals surface area contributed by atoms with E-state index in [2.05, 4.69) is 21.4 Å². The normalized spacial score (nSPS) is 16.9. The Morgan fingerprint density at radius 3 is 2.86 bits per heavy atom. The Bertz CT molecular complexity index is 1040. The maximum atomic E-state index is 10.7. The molecule has 0 saturated carbocycles. The van der Waals surface area contributed by atoms with E-state index in [1.54, 1.807) is 0 Å². The second kappa shape index (κ2) is 8.41. The third kappa shape index (κ3) is 4.53. The number of nitrogen functional groups attached to an aromatic ring is 1. The molecule has 1 unspecified atom stereocenters. The molecule has 150 valence electrons. The highest BCUT2D eigenvalue weighted by Crippen LogP contribution is 2.34. The van der Waals surface area contributed by atoms with Gasteiger partial charge in [0.1, 0.15) is 17.0 Å². The van der Waals surface area contributed by atoms with Gasteiger partial charge in [0, 0.05) is 17.0 Å². The van der Waals surface area contributed by atoms with E-state index in [0.717, 1.165) is 50.0 Å². The van der Waals surface area contributed by atoms with Gasteiger partial charge < -0.3 is 15.6 Å². The van der Waals surface area contributed by atoms with Gasteiger partial charge in [-0.2, -0.15) is 0 Å². The fourth-order valence-corrected chi connectivity index (χ4v) is 4.30. The van der Waals surface area contributed by atoms with Crippen molar-refractivity contribution in [2.24, 2.45) is 0 Å². The minimum absolute atomic E-state index is 0.221.